The minimum atomic E-state index is 0.193. The summed E-state index contributed by atoms with van der Waals surface area (Å²) in [7, 11) is 0. The molecule has 20 heavy (non-hydrogen) atoms. The molecule has 0 saturated carbocycles. The molecule has 0 aromatic heterocycles. The summed E-state index contributed by atoms with van der Waals surface area (Å²) >= 11 is 3.95. The molecule has 4 heteroatoms. The highest BCUT2D eigenvalue weighted by Crippen LogP contribution is 2.38. The first-order chi connectivity index (χ1) is 8.76. The largest absolute Gasteiger partial charge is 0.242 e. The van der Waals surface area contributed by atoms with Crippen LogP contribution in [0.2, 0.25) is 0 Å². The van der Waals surface area contributed by atoms with E-state index in [2.05, 4.69) is 84.8 Å². The Morgan fingerprint density at radius 1 is 0.600 bits per heavy atom. The maximum atomic E-state index is 2.52. The molecule has 0 aliphatic rings. The van der Waals surface area contributed by atoms with Crippen molar-refractivity contribution in [2.24, 2.45) is 0 Å². The molecule has 0 atom stereocenters. The van der Waals surface area contributed by atoms with Crippen molar-refractivity contribution in [3.63, 3.8) is 0 Å². The molecule has 0 radical (unpaired) electrons. The third-order valence-electron chi connectivity index (χ3n) is 2.78. The molecule has 0 heterocycles. The number of nitrogens with zero attached hydrogens (tertiary/aromatic N) is 2. The maximum Gasteiger partial charge on any atom is 0.0768 e. The van der Waals surface area contributed by atoms with Crippen molar-refractivity contribution >= 4 is 23.9 Å². The van der Waals surface area contributed by atoms with Crippen molar-refractivity contribution in [3.05, 3.63) is 0 Å². The van der Waals surface area contributed by atoms with E-state index in [1.807, 2.05) is 23.9 Å². The third-order valence-corrected chi connectivity index (χ3v) is 6.29. The Morgan fingerprint density at radius 2 is 0.850 bits per heavy atom. The van der Waals surface area contributed by atoms with E-state index >= 15 is 0 Å². The van der Waals surface area contributed by atoms with Crippen LogP contribution in [0.1, 0.15) is 76.2 Å². The molecule has 0 saturated heterocycles. The summed E-state index contributed by atoms with van der Waals surface area (Å²) in [5.41, 5.74) is 0.385. The molecular formula is C16H36N2S2. The van der Waals surface area contributed by atoms with Gasteiger partial charge in [0.2, 0.25) is 0 Å². The summed E-state index contributed by atoms with van der Waals surface area (Å²) in [6.45, 7) is 25.2. The van der Waals surface area contributed by atoms with Crippen molar-refractivity contribution in [2.45, 2.75) is 104 Å². The van der Waals surface area contributed by atoms with Crippen molar-refractivity contribution in [2.75, 3.05) is 0 Å². The van der Waals surface area contributed by atoms with Gasteiger partial charge in [0.1, 0.15) is 0 Å². The van der Waals surface area contributed by atoms with Crippen molar-refractivity contribution in [1.82, 2.24) is 8.61 Å². The standard InChI is InChI=1S/C16H36N2S2/c1-12(2)17(15(6,7)8)19-14(5)20-18(13(3)4)16(9,10)11/h12-14H,1-11H3. The highest BCUT2D eigenvalue weighted by Gasteiger charge is 2.30. The van der Waals surface area contributed by atoms with Gasteiger partial charge in [-0.05, 0) is 76.2 Å². The lowest BCUT2D eigenvalue weighted by atomic mass is 10.1. The van der Waals surface area contributed by atoms with Crippen LogP contribution in [0.25, 0.3) is 0 Å². The van der Waals surface area contributed by atoms with E-state index < -0.39 is 0 Å². The fourth-order valence-corrected chi connectivity index (χ4v) is 4.92. The van der Waals surface area contributed by atoms with Crippen LogP contribution in [0.5, 0.6) is 0 Å². The Kier molecular flexibility index (Phi) is 7.99. The zero-order valence-corrected chi connectivity index (χ0v) is 17.1. The molecule has 0 spiro atoms. The van der Waals surface area contributed by atoms with Crippen molar-refractivity contribution in [3.8, 4) is 0 Å². The minimum Gasteiger partial charge on any atom is -0.242 e. The molecule has 0 aromatic carbocycles. The molecule has 0 amide bonds. The van der Waals surface area contributed by atoms with Gasteiger partial charge in [-0.1, -0.05) is 23.9 Å². The monoisotopic (exact) mass is 320 g/mol. The highest BCUT2D eigenvalue weighted by atomic mass is 32.2. The lowest BCUT2D eigenvalue weighted by molar-refractivity contribution is 0.228. The molecule has 0 fully saturated rings. The Bertz CT molecular complexity index is 249. The van der Waals surface area contributed by atoms with Crippen LogP contribution < -0.4 is 0 Å². The Balaban J connectivity index is 4.79. The first-order valence-electron chi connectivity index (χ1n) is 7.69. The van der Waals surface area contributed by atoms with E-state index in [-0.39, 0.29) is 11.1 Å². The second-order valence-electron chi connectivity index (χ2n) is 7.96. The van der Waals surface area contributed by atoms with Crippen LogP contribution in [-0.2, 0) is 0 Å². The van der Waals surface area contributed by atoms with Crippen molar-refractivity contribution in [1.29, 1.82) is 0 Å². The molecule has 0 bridgehead atoms. The van der Waals surface area contributed by atoms with Gasteiger partial charge >= 0.3 is 0 Å². The van der Waals surface area contributed by atoms with E-state index in [9.17, 15) is 0 Å². The van der Waals surface area contributed by atoms with Crippen LogP contribution in [0, 0.1) is 0 Å². The van der Waals surface area contributed by atoms with Crippen LogP contribution in [0.3, 0.4) is 0 Å². The van der Waals surface area contributed by atoms with Gasteiger partial charge in [0.15, 0.2) is 0 Å². The average Bonchev–Trinajstić information content (AvgIpc) is 2.18. The van der Waals surface area contributed by atoms with Gasteiger partial charge < -0.3 is 0 Å². The molecule has 0 aliphatic heterocycles. The molecule has 0 aliphatic carbocycles. The summed E-state index contributed by atoms with van der Waals surface area (Å²) in [6.07, 6.45) is 0. The first-order valence-corrected chi connectivity index (χ1v) is 9.36. The van der Waals surface area contributed by atoms with Crippen LogP contribution >= 0.6 is 23.9 Å². The zero-order valence-electron chi connectivity index (χ0n) is 15.4. The SMILES string of the molecule is CC(SN(C(C)C)C(C)(C)C)SN(C(C)C)C(C)(C)C. The summed E-state index contributed by atoms with van der Waals surface area (Å²) in [4.78, 5) is 0. The number of hydrogen-bond donors (Lipinski definition) is 0. The van der Waals surface area contributed by atoms with Crippen LogP contribution in [-0.4, -0.2) is 36.4 Å². The highest BCUT2D eigenvalue weighted by molar-refractivity contribution is 8.14. The third kappa shape index (κ3) is 7.06. The topological polar surface area (TPSA) is 6.48 Å². The van der Waals surface area contributed by atoms with E-state index in [1.165, 1.54) is 0 Å². The zero-order chi connectivity index (χ0) is 16.3. The Hall–Kier alpha value is 0.620. The second kappa shape index (κ2) is 7.75. The average molecular weight is 321 g/mol. The predicted octanol–water partition coefficient (Wildman–Crippen LogP) is 5.65. The van der Waals surface area contributed by atoms with Gasteiger partial charge in [-0.25, -0.2) is 8.61 Å². The lowest BCUT2D eigenvalue weighted by Crippen LogP contribution is -2.44. The summed E-state index contributed by atoms with van der Waals surface area (Å²) in [5, 5.41) is 0. The molecule has 0 rings (SSSR count). The Morgan fingerprint density at radius 3 is 1.00 bits per heavy atom. The molecule has 0 N–H and O–H groups in total. The molecule has 2 nitrogen and oxygen atoms in total. The molecule has 122 valence electrons. The summed E-state index contributed by atoms with van der Waals surface area (Å²) < 4.78 is 5.55. The fourth-order valence-electron chi connectivity index (χ4n) is 2.45. The normalized spacial score (nSPS) is 14.4. The first kappa shape index (κ1) is 20.6. The molecular weight excluding hydrogens is 284 g/mol. The molecule has 0 aromatic rings. The van der Waals surface area contributed by atoms with Gasteiger partial charge in [0.05, 0.1) is 4.58 Å². The summed E-state index contributed by atoms with van der Waals surface area (Å²) in [5.74, 6) is 0. The maximum absolute atomic E-state index is 2.52. The van der Waals surface area contributed by atoms with Crippen molar-refractivity contribution < 1.29 is 0 Å². The van der Waals surface area contributed by atoms with E-state index in [4.69, 9.17) is 0 Å². The Labute approximate surface area is 136 Å². The van der Waals surface area contributed by atoms with Gasteiger partial charge in [0.25, 0.3) is 0 Å². The van der Waals surface area contributed by atoms with Gasteiger partial charge in [-0.2, -0.15) is 0 Å². The predicted molar refractivity (Wildman–Crippen MR) is 98.1 cm³/mol. The van der Waals surface area contributed by atoms with E-state index in [0.29, 0.717) is 16.7 Å². The second-order valence-corrected chi connectivity index (χ2v) is 10.9. The van der Waals surface area contributed by atoms with Gasteiger partial charge in [-0.15, -0.1) is 0 Å². The molecule has 0 unspecified atom stereocenters. The lowest BCUT2D eigenvalue weighted by Gasteiger charge is -2.42. The summed E-state index contributed by atoms with van der Waals surface area (Å²) in [6, 6.07) is 1.09. The van der Waals surface area contributed by atoms with Gasteiger partial charge in [0, 0.05) is 23.2 Å². The van der Waals surface area contributed by atoms with Crippen LogP contribution in [0.4, 0.5) is 0 Å². The smallest absolute Gasteiger partial charge is 0.0768 e. The quantitative estimate of drug-likeness (QED) is 0.461. The minimum absolute atomic E-state index is 0.193. The van der Waals surface area contributed by atoms with Crippen LogP contribution in [0.15, 0.2) is 0 Å². The van der Waals surface area contributed by atoms with E-state index in [1.54, 1.807) is 0 Å². The fraction of sp³-hybridized carbons (Fsp3) is 1.00. The number of hydrogen-bond acceptors (Lipinski definition) is 4. The number of rotatable bonds is 6. The van der Waals surface area contributed by atoms with Gasteiger partial charge in [-0.3, -0.25) is 0 Å². The van der Waals surface area contributed by atoms with E-state index in [0.717, 1.165) is 0 Å².